The number of nitro groups is 2. The Kier molecular flexibility index (Phi) is 7.54. The van der Waals surface area contributed by atoms with Gasteiger partial charge >= 0.3 is 5.69 Å². The number of methoxy groups -OCH3 is 1. The van der Waals surface area contributed by atoms with E-state index in [0.717, 1.165) is 0 Å². The van der Waals surface area contributed by atoms with Gasteiger partial charge in [-0.2, -0.15) is 0 Å². The lowest BCUT2D eigenvalue weighted by Crippen LogP contribution is -2.31. The number of nitro benzene ring substituents is 2. The van der Waals surface area contributed by atoms with Gasteiger partial charge < -0.3 is 9.64 Å². The summed E-state index contributed by atoms with van der Waals surface area (Å²) in [5, 5.41) is 22.0. The first-order chi connectivity index (χ1) is 13.7. The van der Waals surface area contributed by atoms with Crippen molar-refractivity contribution in [1.82, 2.24) is 4.90 Å². The molecule has 1 atom stereocenters. The maximum Gasteiger partial charge on any atom is 0.311 e. The molecule has 0 aliphatic carbocycles. The summed E-state index contributed by atoms with van der Waals surface area (Å²) in [6.45, 7) is 1.80. The van der Waals surface area contributed by atoms with E-state index in [1.54, 1.807) is 32.2 Å². The zero-order valence-corrected chi connectivity index (χ0v) is 17.0. The fraction of sp³-hybridized carbons (Fsp3) is 0.316. The smallest absolute Gasteiger partial charge is 0.311 e. The molecule has 0 aliphatic rings. The van der Waals surface area contributed by atoms with Crippen molar-refractivity contribution >= 4 is 29.0 Å². The molecule has 9 nitrogen and oxygen atoms in total. The molecule has 0 radical (unpaired) electrons. The van der Waals surface area contributed by atoms with Crippen molar-refractivity contribution in [2.24, 2.45) is 0 Å². The highest BCUT2D eigenvalue weighted by atomic mass is 32.2. The van der Waals surface area contributed by atoms with E-state index in [0.29, 0.717) is 16.9 Å². The average molecular weight is 419 g/mol. The van der Waals surface area contributed by atoms with Gasteiger partial charge in [0.2, 0.25) is 5.91 Å². The number of thioether (sulfide) groups is 1. The van der Waals surface area contributed by atoms with Crippen molar-refractivity contribution in [3.05, 3.63) is 73.8 Å². The van der Waals surface area contributed by atoms with Crippen LogP contribution in [0.2, 0.25) is 0 Å². The standard InChI is InChI=1S/C19H21N3O6S/c1-13(15-5-4-6-16(10-15)21(24)25)20(2)19(23)12-29-11-14-7-8-18(28-3)17(9-14)22(26)27/h4-10,13H,11-12H2,1-3H3. The molecule has 154 valence electrons. The number of hydrogen-bond acceptors (Lipinski definition) is 7. The molecule has 0 fully saturated rings. The highest BCUT2D eigenvalue weighted by Gasteiger charge is 2.20. The van der Waals surface area contributed by atoms with E-state index >= 15 is 0 Å². The summed E-state index contributed by atoms with van der Waals surface area (Å²) in [5.41, 5.74) is 1.24. The van der Waals surface area contributed by atoms with Gasteiger partial charge in [-0.3, -0.25) is 25.0 Å². The molecule has 0 saturated heterocycles. The third-order valence-corrected chi connectivity index (χ3v) is 5.46. The van der Waals surface area contributed by atoms with E-state index in [1.165, 1.54) is 48.0 Å². The van der Waals surface area contributed by atoms with Crippen molar-refractivity contribution in [3.8, 4) is 5.75 Å². The lowest BCUT2D eigenvalue weighted by atomic mass is 10.1. The van der Waals surface area contributed by atoms with E-state index in [9.17, 15) is 25.0 Å². The van der Waals surface area contributed by atoms with E-state index < -0.39 is 9.85 Å². The van der Waals surface area contributed by atoms with Crippen LogP contribution in [0.4, 0.5) is 11.4 Å². The molecule has 2 aromatic rings. The molecule has 0 heterocycles. The lowest BCUT2D eigenvalue weighted by Gasteiger charge is -2.25. The quantitative estimate of drug-likeness (QED) is 0.446. The minimum Gasteiger partial charge on any atom is -0.490 e. The second-order valence-electron chi connectivity index (χ2n) is 6.29. The molecular weight excluding hydrogens is 398 g/mol. The summed E-state index contributed by atoms with van der Waals surface area (Å²) in [4.78, 5) is 35.1. The van der Waals surface area contributed by atoms with Crippen molar-refractivity contribution < 1.29 is 19.4 Å². The summed E-state index contributed by atoms with van der Waals surface area (Å²) in [6, 6.07) is 10.6. The highest BCUT2D eigenvalue weighted by Crippen LogP contribution is 2.29. The molecule has 10 heteroatoms. The van der Waals surface area contributed by atoms with Gasteiger partial charge in [0.15, 0.2) is 5.75 Å². The molecule has 1 amide bonds. The fourth-order valence-corrected chi connectivity index (χ4v) is 3.56. The molecular formula is C19H21N3O6S. The summed E-state index contributed by atoms with van der Waals surface area (Å²) < 4.78 is 4.98. The summed E-state index contributed by atoms with van der Waals surface area (Å²) >= 11 is 1.33. The number of benzene rings is 2. The Morgan fingerprint density at radius 2 is 1.90 bits per heavy atom. The van der Waals surface area contributed by atoms with Crippen LogP contribution in [0.3, 0.4) is 0 Å². The molecule has 2 rings (SSSR count). The maximum atomic E-state index is 12.5. The second-order valence-corrected chi connectivity index (χ2v) is 7.27. The molecule has 0 saturated carbocycles. The number of nitrogens with zero attached hydrogens (tertiary/aromatic N) is 3. The van der Waals surface area contributed by atoms with Gasteiger partial charge in [-0.05, 0) is 24.1 Å². The van der Waals surface area contributed by atoms with Crippen molar-refractivity contribution in [3.63, 3.8) is 0 Å². The molecule has 29 heavy (non-hydrogen) atoms. The van der Waals surface area contributed by atoms with Gasteiger partial charge in [0.25, 0.3) is 5.69 Å². The highest BCUT2D eigenvalue weighted by molar-refractivity contribution is 7.99. The summed E-state index contributed by atoms with van der Waals surface area (Å²) in [6.07, 6.45) is 0. The van der Waals surface area contributed by atoms with Gasteiger partial charge in [0.1, 0.15) is 0 Å². The minimum atomic E-state index is -0.507. The second kappa shape index (κ2) is 9.87. The number of carbonyl (C=O) groups excluding carboxylic acids is 1. The lowest BCUT2D eigenvalue weighted by molar-refractivity contribution is -0.385. The number of amides is 1. The van der Waals surface area contributed by atoms with Crippen LogP contribution < -0.4 is 4.74 Å². The van der Waals surface area contributed by atoms with Crippen molar-refractivity contribution in [2.45, 2.75) is 18.7 Å². The van der Waals surface area contributed by atoms with Crippen LogP contribution in [-0.4, -0.2) is 40.6 Å². The van der Waals surface area contributed by atoms with Crippen LogP contribution >= 0.6 is 11.8 Å². The van der Waals surface area contributed by atoms with Gasteiger partial charge in [-0.15, -0.1) is 11.8 Å². The average Bonchev–Trinajstić information content (AvgIpc) is 2.72. The fourth-order valence-electron chi connectivity index (χ4n) is 2.66. The number of ether oxygens (including phenoxy) is 1. The van der Waals surface area contributed by atoms with Gasteiger partial charge in [0.05, 0.1) is 28.8 Å². The number of carbonyl (C=O) groups is 1. The number of rotatable bonds is 9. The normalized spacial score (nSPS) is 11.6. The van der Waals surface area contributed by atoms with Crippen LogP contribution in [0.5, 0.6) is 5.75 Å². The van der Waals surface area contributed by atoms with Crippen molar-refractivity contribution in [2.75, 3.05) is 19.9 Å². The summed E-state index contributed by atoms with van der Waals surface area (Å²) in [5.74, 6) is 0.646. The molecule has 0 aliphatic heterocycles. The molecule has 1 unspecified atom stereocenters. The van der Waals surface area contributed by atoms with Gasteiger partial charge in [-0.25, -0.2) is 0 Å². The van der Waals surface area contributed by atoms with E-state index in [2.05, 4.69) is 0 Å². The molecule has 0 spiro atoms. The third kappa shape index (κ3) is 5.67. The Morgan fingerprint density at radius 1 is 1.17 bits per heavy atom. The number of non-ortho nitro benzene ring substituents is 1. The molecule has 0 aromatic heterocycles. The third-order valence-electron chi connectivity index (χ3n) is 4.47. The Labute approximate surface area is 172 Å². The molecule has 0 bridgehead atoms. The van der Waals surface area contributed by atoms with E-state index in [1.807, 2.05) is 0 Å². The first kappa shape index (κ1) is 22.2. The van der Waals surface area contributed by atoms with Crippen LogP contribution in [0.25, 0.3) is 0 Å². The van der Waals surface area contributed by atoms with Crippen LogP contribution in [0.1, 0.15) is 24.1 Å². The Balaban J connectivity index is 1.97. The van der Waals surface area contributed by atoms with Crippen LogP contribution in [0.15, 0.2) is 42.5 Å². The Morgan fingerprint density at radius 3 is 2.52 bits per heavy atom. The van der Waals surface area contributed by atoms with Gasteiger partial charge in [0, 0.05) is 31.0 Å². The topological polar surface area (TPSA) is 116 Å². The maximum absolute atomic E-state index is 12.5. The first-order valence-electron chi connectivity index (χ1n) is 8.63. The predicted molar refractivity (Wildman–Crippen MR) is 110 cm³/mol. The summed E-state index contributed by atoms with van der Waals surface area (Å²) in [7, 11) is 3.01. The minimum absolute atomic E-state index is 0.0225. The Hall–Kier alpha value is -3.14. The first-order valence-corrected chi connectivity index (χ1v) is 9.79. The number of hydrogen-bond donors (Lipinski definition) is 0. The zero-order valence-electron chi connectivity index (χ0n) is 16.2. The predicted octanol–water partition coefficient (Wildman–Crippen LogP) is 3.96. The van der Waals surface area contributed by atoms with Crippen molar-refractivity contribution in [1.29, 1.82) is 0 Å². The SMILES string of the molecule is COc1ccc(CSCC(=O)N(C)C(C)c2cccc([N+](=O)[O-])c2)cc1[N+](=O)[O-]. The van der Waals surface area contributed by atoms with E-state index in [-0.39, 0.29) is 34.8 Å². The van der Waals surface area contributed by atoms with Crippen LogP contribution in [-0.2, 0) is 10.5 Å². The largest absolute Gasteiger partial charge is 0.490 e. The molecule has 2 aromatic carbocycles. The van der Waals surface area contributed by atoms with E-state index in [4.69, 9.17) is 4.74 Å². The monoisotopic (exact) mass is 419 g/mol. The molecule has 0 N–H and O–H groups in total. The Bertz CT molecular complexity index is 921. The van der Waals surface area contributed by atoms with Gasteiger partial charge in [-0.1, -0.05) is 18.2 Å². The van der Waals surface area contributed by atoms with Crippen LogP contribution in [0, 0.1) is 20.2 Å². The zero-order chi connectivity index (χ0) is 21.6.